The van der Waals surface area contributed by atoms with Crippen LogP contribution in [-0.4, -0.2) is 49.2 Å². The third-order valence-electron chi connectivity index (χ3n) is 5.22. The first-order valence-electron chi connectivity index (χ1n) is 9.88. The van der Waals surface area contributed by atoms with Gasteiger partial charge in [-0.15, -0.1) is 0 Å². The summed E-state index contributed by atoms with van der Waals surface area (Å²) in [5.74, 6) is 1.09. The lowest BCUT2D eigenvalue weighted by atomic mass is 10.00. The van der Waals surface area contributed by atoms with Crippen molar-refractivity contribution in [2.75, 3.05) is 6.54 Å². The zero-order valence-corrected chi connectivity index (χ0v) is 16.9. The van der Waals surface area contributed by atoms with E-state index < -0.39 is 0 Å². The van der Waals surface area contributed by atoms with Crippen LogP contribution in [0.15, 0.2) is 49.1 Å². The van der Waals surface area contributed by atoms with Gasteiger partial charge in [0, 0.05) is 30.7 Å². The molecule has 150 valence electrons. The van der Waals surface area contributed by atoms with Crippen LogP contribution < -0.4 is 4.74 Å². The molecule has 0 spiro atoms. The number of nitrogens with zero attached hydrogens (tertiary/aromatic N) is 5. The molecule has 0 radical (unpaired) electrons. The average Bonchev–Trinajstić information content (AvgIpc) is 3.15. The predicted octanol–water partition coefficient (Wildman–Crippen LogP) is 3.35. The number of rotatable bonds is 4. The molecule has 0 aromatic carbocycles. The summed E-state index contributed by atoms with van der Waals surface area (Å²) in [5.41, 5.74) is 2.65. The van der Waals surface area contributed by atoms with Gasteiger partial charge in [-0.2, -0.15) is 5.10 Å². The number of piperidine rings is 1. The Kier molecular flexibility index (Phi) is 5.29. The van der Waals surface area contributed by atoms with Crippen LogP contribution in [0.4, 0.5) is 0 Å². The van der Waals surface area contributed by atoms with Crippen molar-refractivity contribution >= 4 is 5.91 Å². The van der Waals surface area contributed by atoms with Crippen molar-refractivity contribution in [3.63, 3.8) is 0 Å². The molecule has 0 unspecified atom stereocenters. The molecule has 1 amide bonds. The fraction of sp³-hybridized carbons (Fsp3) is 0.364. The molecular weight excluding hydrogens is 366 g/mol. The molecule has 1 saturated heterocycles. The minimum Gasteiger partial charge on any atom is -0.472 e. The lowest BCUT2D eigenvalue weighted by Gasteiger charge is -2.38. The van der Waals surface area contributed by atoms with E-state index in [-0.39, 0.29) is 18.1 Å². The van der Waals surface area contributed by atoms with E-state index in [1.807, 2.05) is 37.1 Å². The molecule has 1 aliphatic rings. The van der Waals surface area contributed by atoms with Crippen molar-refractivity contribution < 1.29 is 9.53 Å². The lowest BCUT2D eigenvalue weighted by molar-refractivity contribution is 0.0372. The molecular formula is C22H25N5O2. The van der Waals surface area contributed by atoms with Crippen LogP contribution in [0, 0.1) is 13.8 Å². The Balaban J connectivity index is 1.56. The van der Waals surface area contributed by atoms with Gasteiger partial charge >= 0.3 is 0 Å². The highest BCUT2D eigenvalue weighted by atomic mass is 16.5. The van der Waals surface area contributed by atoms with Gasteiger partial charge in [0.2, 0.25) is 5.88 Å². The Morgan fingerprint density at radius 2 is 2.00 bits per heavy atom. The third-order valence-corrected chi connectivity index (χ3v) is 5.22. The highest BCUT2D eigenvalue weighted by Crippen LogP contribution is 2.24. The van der Waals surface area contributed by atoms with Crippen LogP contribution >= 0.6 is 0 Å². The number of pyridine rings is 2. The summed E-state index contributed by atoms with van der Waals surface area (Å²) >= 11 is 0. The quantitative estimate of drug-likeness (QED) is 0.682. The Morgan fingerprint density at radius 3 is 2.76 bits per heavy atom. The number of likely N-dealkylation sites (tertiary alicyclic amines) is 1. The zero-order chi connectivity index (χ0) is 20.4. The molecule has 0 saturated carbocycles. The van der Waals surface area contributed by atoms with Gasteiger partial charge in [0.05, 0.1) is 18.3 Å². The molecule has 1 aliphatic heterocycles. The second-order valence-corrected chi connectivity index (χ2v) is 7.63. The van der Waals surface area contributed by atoms with Crippen molar-refractivity contribution in [1.82, 2.24) is 24.6 Å². The van der Waals surface area contributed by atoms with Gasteiger partial charge in [-0.3, -0.25) is 4.79 Å². The van der Waals surface area contributed by atoms with Crippen molar-refractivity contribution in [3.8, 4) is 11.7 Å². The van der Waals surface area contributed by atoms with E-state index in [1.54, 1.807) is 35.4 Å². The maximum absolute atomic E-state index is 13.4. The number of carbonyl (C=O) groups excluding carboxylic acids is 1. The minimum absolute atomic E-state index is 0.0562. The number of aryl methyl sites for hydroxylation is 2. The molecule has 1 fully saturated rings. The van der Waals surface area contributed by atoms with Crippen LogP contribution in [0.25, 0.3) is 5.82 Å². The lowest BCUT2D eigenvalue weighted by Crippen LogP contribution is -2.49. The highest BCUT2D eigenvalue weighted by molar-refractivity contribution is 5.97. The molecule has 3 aromatic heterocycles. The Labute approximate surface area is 170 Å². The number of hydrogen-bond acceptors (Lipinski definition) is 5. The van der Waals surface area contributed by atoms with Crippen LogP contribution in [0.3, 0.4) is 0 Å². The van der Waals surface area contributed by atoms with Crippen LogP contribution in [0.2, 0.25) is 0 Å². The molecule has 7 nitrogen and oxygen atoms in total. The summed E-state index contributed by atoms with van der Waals surface area (Å²) in [6.07, 6.45) is 8.72. The summed E-state index contributed by atoms with van der Waals surface area (Å²) in [7, 11) is 0. The van der Waals surface area contributed by atoms with E-state index in [2.05, 4.69) is 22.0 Å². The van der Waals surface area contributed by atoms with Crippen LogP contribution in [0.5, 0.6) is 5.88 Å². The Morgan fingerprint density at radius 1 is 1.14 bits per heavy atom. The monoisotopic (exact) mass is 391 g/mol. The molecule has 7 heteroatoms. The normalized spacial score (nSPS) is 19.2. The maximum Gasteiger partial charge on any atom is 0.258 e. The van der Waals surface area contributed by atoms with Crippen molar-refractivity contribution in [1.29, 1.82) is 0 Å². The first-order valence-corrected chi connectivity index (χ1v) is 9.88. The van der Waals surface area contributed by atoms with E-state index in [9.17, 15) is 4.79 Å². The fourth-order valence-corrected chi connectivity index (χ4v) is 3.63. The summed E-state index contributed by atoms with van der Waals surface area (Å²) in [5, 5.41) is 4.32. The topological polar surface area (TPSA) is 73.1 Å². The van der Waals surface area contributed by atoms with Gasteiger partial charge in [-0.25, -0.2) is 14.6 Å². The van der Waals surface area contributed by atoms with E-state index >= 15 is 0 Å². The summed E-state index contributed by atoms with van der Waals surface area (Å²) in [6, 6.07) is 7.57. The number of aromatic nitrogens is 4. The number of carbonyl (C=O) groups is 1. The van der Waals surface area contributed by atoms with Crippen LogP contribution in [0.1, 0.15) is 41.3 Å². The SMILES string of the molecule is Cc1ccnc(O[C@@H]2CC[C@@H](C)N(C(=O)c3cccnc3-n3cc(C)cn3)C2)c1. The standard InChI is InChI=1S/C22H25N5O2/c1-15-8-10-23-20(11-15)29-18-7-6-17(3)26(14-18)22(28)19-5-4-9-24-21(19)27-13-16(2)12-25-27/h4-5,8-13,17-18H,6-7,14H2,1-3H3/t17-,18-/m1/s1. The molecule has 0 bridgehead atoms. The van der Waals surface area contributed by atoms with Crippen molar-refractivity contribution in [2.24, 2.45) is 0 Å². The van der Waals surface area contributed by atoms with E-state index in [0.717, 1.165) is 24.0 Å². The Bertz CT molecular complexity index is 1020. The molecule has 4 rings (SSSR count). The van der Waals surface area contributed by atoms with Crippen molar-refractivity contribution in [2.45, 2.75) is 45.8 Å². The largest absolute Gasteiger partial charge is 0.472 e. The first-order chi connectivity index (χ1) is 14.0. The second-order valence-electron chi connectivity index (χ2n) is 7.63. The number of hydrogen-bond donors (Lipinski definition) is 0. The maximum atomic E-state index is 13.4. The molecule has 0 aliphatic carbocycles. The second kappa shape index (κ2) is 8.03. The number of ether oxygens (including phenoxy) is 1. The summed E-state index contributed by atoms with van der Waals surface area (Å²) in [4.78, 5) is 24.0. The molecule has 29 heavy (non-hydrogen) atoms. The minimum atomic E-state index is -0.0866. The Hall–Kier alpha value is -3.22. The van der Waals surface area contributed by atoms with Gasteiger partial charge in [0.25, 0.3) is 5.91 Å². The van der Waals surface area contributed by atoms with E-state index in [4.69, 9.17) is 4.74 Å². The third kappa shape index (κ3) is 4.13. The molecule has 2 atom stereocenters. The van der Waals surface area contributed by atoms with Crippen LogP contribution in [-0.2, 0) is 0 Å². The van der Waals surface area contributed by atoms with Gasteiger partial charge in [0.15, 0.2) is 5.82 Å². The zero-order valence-electron chi connectivity index (χ0n) is 16.9. The summed E-state index contributed by atoms with van der Waals surface area (Å²) < 4.78 is 7.74. The fourth-order valence-electron chi connectivity index (χ4n) is 3.63. The smallest absolute Gasteiger partial charge is 0.258 e. The van der Waals surface area contributed by atoms with Gasteiger partial charge < -0.3 is 9.64 Å². The molecule has 4 heterocycles. The molecule has 3 aromatic rings. The average molecular weight is 391 g/mol. The first kappa shape index (κ1) is 19.1. The van der Waals surface area contributed by atoms with Gasteiger partial charge in [0.1, 0.15) is 6.10 Å². The summed E-state index contributed by atoms with van der Waals surface area (Å²) in [6.45, 7) is 6.56. The molecule has 0 N–H and O–H groups in total. The number of amides is 1. The predicted molar refractivity (Wildman–Crippen MR) is 109 cm³/mol. The van der Waals surface area contributed by atoms with E-state index in [1.165, 1.54) is 0 Å². The van der Waals surface area contributed by atoms with Gasteiger partial charge in [-0.1, -0.05) is 0 Å². The van der Waals surface area contributed by atoms with Crippen molar-refractivity contribution in [3.05, 3.63) is 65.7 Å². The van der Waals surface area contributed by atoms with E-state index in [0.29, 0.717) is 23.8 Å². The highest BCUT2D eigenvalue weighted by Gasteiger charge is 2.32. The van der Waals surface area contributed by atoms with Gasteiger partial charge in [-0.05, 0) is 62.9 Å².